The first-order valence-corrected chi connectivity index (χ1v) is 6.29. The van der Waals surface area contributed by atoms with Crippen molar-refractivity contribution >= 4 is 6.21 Å². The summed E-state index contributed by atoms with van der Waals surface area (Å²) in [5, 5.41) is 0. The van der Waals surface area contributed by atoms with E-state index in [4.69, 9.17) is 0 Å². The third-order valence-corrected chi connectivity index (χ3v) is 2.88. The molecule has 1 heterocycles. The van der Waals surface area contributed by atoms with Gasteiger partial charge in [-0.15, -0.1) is 0 Å². The van der Waals surface area contributed by atoms with Crippen LogP contribution in [0.5, 0.6) is 0 Å². The smallest absolute Gasteiger partial charge is 0.0504 e. The molecule has 1 aliphatic rings. The molecule has 0 bridgehead atoms. The van der Waals surface area contributed by atoms with Crippen LogP contribution in [0.1, 0.15) is 46.0 Å². The number of aliphatic imine (C=N–C) groups is 1. The van der Waals surface area contributed by atoms with Gasteiger partial charge in [0.25, 0.3) is 0 Å². The Hall–Kier alpha value is -0.790. The number of likely N-dealkylation sites (tertiary alicyclic amines) is 1. The van der Waals surface area contributed by atoms with E-state index in [9.17, 15) is 0 Å². The van der Waals surface area contributed by atoms with Crippen LogP contribution >= 0.6 is 0 Å². The monoisotopic (exact) mass is 208 g/mol. The van der Waals surface area contributed by atoms with Crippen molar-refractivity contribution in [1.29, 1.82) is 0 Å². The molecule has 86 valence electrons. The average Bonchev–Trinajstić information content (AvgIpc) is 2.30. The van der Waals surface area contributed by atoms with Crippen molar-refractivity contribution in [2.45, 2.75) is 46.0 Å². The molecule has 0 amide bonds. The fourth-order valence-corrected chi connectivity index (χ4v) is 1.90. The highest BCUT2D eigenvalue weighted by Gasteiger charge is 2.10. The minimum Gasteiger partial charge on any atom is -0.371 e. The van der Waals surface area contributed by atoms with Gasteiger partial charge in [-0.2, -0.15) is 0 Å². The minimum absolute atomic E-state index is 0.974. The van der Waals surface area contributed by atoms with Crippen molar-refractivity contribution in [2.24, 2.45) is 4.99 Å². The number of hydrogen-bond acceptors (Lipinski definition) is 2. The molecule has 1 rings (SSSR count). The molecule has 0 unspecified atom stereocenters. The molecule has 1 aliphatic heterocycles. The van der Waals surface area contributed by atoms with E-state index in [0.29, 0.717) is 0 Å². The van der Waals surface area contributed by atoms with Crippen molar-refractivity contribution in [3.8, 4) is 0 Å². The number of piperidine rings is 1. The van der Waals surface area contributed by atoms with Crippen LogP contribution in [0, 0.1) is 0 Å². The Kier molecular flexibility index (Phi) is 6.14. The first-order valence-electron chi connectivity index (χ1n) is 6.29. The number of rotatable bonds is 5. The topological polar surface area (TPSA) is 15.6 Å². The van der Waals surface area contributed by atoms with Crippen LogP contribution in [0.4, 0.5) is 0 Å². The summed E-state index contributed by atoms with van der Waals surface area (Å²) in [5.74, 6) is 0. The quantitative estimate of drug-likeness (QED) is 0.500. The van der Waals surface area contributed by atoms with Gasteiger partial charge in [0, 0.05) is 25.8 Å². The highest BCUT2D eigenvalue weighted by molar-refractivity contribution is 5.77. The van der Waals surface area contributed by atoms with Crippen LogP contribution in [-0.4, -0.2) is 30.7 Å². The summed E-state index contributed by atoms with van der Waals surface area (Å²) in [5.41, 5.74) is 1.31. The van der Waals surface area contributed by atoms with Gasteiger partial charge in [-0.3, -0.25) is 4.99 Å². The lowest BCUT2D eigenvalue weighted by atomic mass is 10.1. The van der Waals surface area contributed by atoms with Crippen molar-refractivity contribution in [1.82, 2.24) is 4.90 Å². The predicted octanol–water partition coefficient (Wildman–Crippen LogP) is 3.25. The first-order chi connectivity index (χ1) is 7.38. The molecule has 1 fully saturated rings. The maximum absolute atomic E-state index is 4.47. The van der Waals surface area contributed by atoms with Gasteiger partial charge in [0.1, 0.15) is 0 Å². The van der Waals surface area contributed by atoms with Gasteiger partial charge < -0.3 is 4.90 Å². The van der Waals surface area contributed by atoms with Crippen molar-refractivity contribution in [2.75, 3.05) is 19.6 Å². The van der Waals surface area contributed by atoms with Gasteiger partial charge in [0.15, 0.2) is 0 Å². The highest BCUT2D eigenvalue weighted by atomic mass is 15.1. The van der Waals surface area contributed by atoms with Crippen LogP contribution in [0.15, 0.2) is 16.8 Å². The van der Waals surface area contributed by atoms with E-state index in [1.54, 1.807) is 0 Å². The van der Waals surface area contributed by atoms with Gasteiger partial charge in [0.05, 0.1) is 5.70 Å². The lowest BCUT2D eigenvalue weighted by Crippen LogP contribution is -2.29. The zero-order valence-corrected chi connectivity index (χ0v) is 10.2. The zero-order valence-electron chi connectivity index (χ0n) is 10.2. The first kappa shape index (κ1) is 12.3. The maximum Gasteiger partial charge on any atom is 0.0504 e. The molecule has 0 aliphatic carbocycles. The summed E-state index contributed by atoms with van der Waals surface area (Å²) >= 11 is 0. The van der Waals surface area contributed by atoms with Gasteiger partial charge in [-0.1, -0.05) is 19.4 Å². The second-order valence-electron chi connectivity index (χ2n) is 4.15. The molecule has 1 saturated heterocycles. The SMILES string of the molecule is C/C=C(/C=NCCCC)N1CCCCC1. The Morgan fingerprint density at radius 3 is 2.60 bits per heavy atom. The summed E-state index contributed by atoms with van der Waals surface area (Å²) in [6.45, 7) is 7.70. The van der Waals surface area contributed by atoms with E-state index in [-0.39, 0.29) is 0 Å². The normalized spacial score (nSPS) is 18.8. The molecule has 2 heteroatoms. The summed E-state index contributed by atoms with van der Waals surface area (Å²) in [4.78, 5) is 6.93. The van der Waals surface area contributed by atoms with E-state index < -0.39 is 0 Å². The van der Waals surface area contributed by atoms with Gasteiger partial charge in [-0.05, 0) is 32.6 Å². The van der Waals surface area contributed by atoms with Gasteiger partial charge in [-0.25, -0.2) is 0 Å². The molecule has 0 N–H and O–H groups in total. The van der Waals surface area contributed by atoms with E-state index in [1.165, 1.54) is 50.9 Å². The number of hydrogen-bond donors (Lipinski definition) is 0. The fourth-order valence-electron chi connectivity index (χ4n) is 1.90. The fraction of sp³-hybridized carbons (Fsp3) is 0.769. The third-order valence-electron chi connectivity index (χ3n) is 2.88. The molecule has 0 aromatic carbocycles. The number of allylic oxidation sites excluding steroid dienone is 2. The van der Waals surface area contributed by atoms with Crippen LogP contribution in [-0.2, 0) is 0 Å². The number of unbranched alkanes of at least 4 members (excludes halogenated alkanes) is 1. The minimum atomic E-state index is 0.974. The summed E-state index contributed by atoms with van der Waals surface area (Å²) in [6.07, 6.45) is 10.7. The summed E-state index contributed by atoms with van der Waals surface area (Å²) < 4.78 is 0. The van der Waals surface area contributed by atoms with Crippen molar-refractivity contribution in [3.63, 3.8) is 0 Å². The molecule has 0 radical (unpaired) electrons. The number of nitrogens with zero attached hydrogens (tertiary/aromatic N) is 2. The van der Waals surface area contributed by atoms with Crippen molar-refractivity contribution < 1.29 is 0 Å². The molecule has 2 nitrogen and oxygen atoms in total. The molecule has 15 heavy (non-hydrogen) atoms. The molecule has 0 spiro atoms. The Labute approximate surface area is 94.1 Å². The maximum atomic E-state index is 4.47. The summed E-state index contributed by atoms with van der Waals surface area (Å²) in [6, 6.07) is 0. The summed E-state index contributed by atoms with van der Waals surface area (Å²) in [7, 11) is 0. The molecule has 0 aromatic heterocycles. The van der Waals surface area contributed by atoms with E-state index in [0.717, 1.165) is 6.54 Å². The standard InChI is InChI=1S/C13H24N2/c1-3-5-9-14-12-13(4-2)15-10-7-6-8-11-15/h4,12H,3,5-11H2,1-2H3/b13-4-,14-12?. The second-order valence-corrected chi connectivity index (χ2v) is 4.15. The highest BCUT2D eigenvalue weighted by Crippen LogP contribution is 2.13. The third kappa shape index (κ3) is 4.50. The van der Waals surface area contributed by atoms with Crippen molar-refractivity contribution in [3.05, 3.63) is 11.8 Å². The lowest BCUT2D eigenvalue weighted by Gasteiger charge is -2.29. The van der Waals surface area contributed by atoms with E-state index in [2.05, 4.69) is 36.0 Å². The molecule has 0 atom stereocenters. The Balaban J connectivity index is 2.37. The predicted molar refractivity (Wildman–Crippen MR) is 67.4 cm³/mol. The Morgan fingerprint density at radius 1 is 1.27 bits per heavy atom. The van der Waals surface area contributed by atoms with E-state index in [1.807, 2.05) is 0 Å². The lowest BCUT2D eigenvalue weighted by molar-refractivity contribution is 0.298. The van der Waals surface area contributed by atoms with Crippen LogP contribution in [0.3, 0.4) is 0 Å². The zero-order chi connectivity index (χ0) is 10.9. The molecule has 0 aromatic rings. The van der Waals surface area contributed by atoms with Gasteiger partial charge in [0.2, 0.25) is 0 Å². The molecular formula is C13H24N2. The van der Waals surface area contributed by atoms with Crippen LogP contribution in [0.25, 0.3) is 0 Å². The van der Waals surface area contributed by atoms with Gasteiger partial charge >= 0.3 is 0 Å². The molecular weight excluding hydrogens is 184 g/mol. The Morgan fingerprint density at radius 2 is 2.00 bits per heavy atom. The van der Waals surface area contributed by atoms with Crippen LogP contribution in [0.2, 0.25) is 0 Å². The average molecular weight is 208 g/mol. The largest absolute Gasteiger partial charge is 0.371 e. The second kappa shape index (κ2) is 7.49. The Bertz CT molecular complexity index is 213. The van der Waals surface area contributed by atoms with E-state index >= 15 is 0 Å². The van der Waals surface area contributed by atoms with Crippen LogP contribution < -0.4 is 0 Å². The molecule has 0 saturated carbocycles.